The normalized spacial score (nSPS) is 15.2. The van der Waals surface area contributed by atoms with E-state index < -0.39 is 0 Å². The van der Waals surface area contributed by atoms with E-state index in [9.17, 15) is 4.79 Å². The van der Waals surface area contributed by atoms with Gasteiger partial charge in [0.1, 0.15) is 5.01 Å². The van der Waals surface area contributed by atoms with Gasteiger partial charge in [0.05, 0.1) is 16.3 Å². The summed E-state index contributed by atoms with van der Waals surface area (Å²) >= 11 is 3.32. The Labute approximate surface area is 214 Å². The Morgan fingerprint density at radius 1 is 1.09 bits per heavy atom. The summed E-state index contributed by atoms with van der Waals surface area (Å²) in [5.74, 6) is 0.103. The first-order chi connectivity index (χ1) is 17.1. The molecule has 180 valence electrons. The van der Waals surface area contributed by atoms with Crippen molar-refractivity contribution in [2.24, 2.45) is 5.92 Å². The van der Waals surface area contributed by atoms with Gasteiger partial charge in [0.15, 0.2) is 0 Å². The third-order valence-electron chi connectivity index (χ3n) is 6.14. The number of rotatable bonds is 8. The molecule has 0 spiro atoms. The van der Waals surface area contributed by atoms with Crippen LogP contribution < -0.4 is 10.0 Å². The largest absolute Gasteiger partial charge is 0.381 e. The lowest BCUT2D eigenvalue weighted by molar-refractivity contribution is -0.122. The number of para-hydroxylation sites is 1. The van der Waals surface area contributed by atoms with E-state index in [0.29, 0.717) is 13.2 Å². The second-order valence-corrected chi connectivity index (χ2v) is 10.9. The molecule has 5 rings (SSSR count). The summed E-state index contributed by atoms with van der Waals surface area (Å²) in [6, 6.07) is 25.0. The summed E-state index contributed by atoms with van der Waals surface area (Å²) in [7, 11) is 0. The highest BCUT2D eigenvalue weighted by atomic mass is 32.2. The predicted octanol–water partition coefficient (Wildman–Crippen LogP) is 6.55. The fourth-order valence-corrected chi connectivity index (χ4v) is 6.17. The van der Waals surface area contributed by atoms with Gasteiger partial charge in [-0.15, -0.1) is 11.3 Å². The van der Waals surface area contributed by atoms with E-state index >= 15 is 0 Å². The fourth-order valence-electron chi connectivity index (χ4n) is 4.27. The van der Waals surface area contributed by atoms with Crippen LogP contribution in [0.5, 0.6) is 0 Å². The van der Waals surface area contributed by atoms with Crippen molar-refractivity contribution < 1.29 is 9.53 Å². The standard InChI is InChI=1S/C28H29N3O2S2/c1-19-6-4-7-20(16-19)17-25(28-30-24-10-2-3-11-26(24)34-28)31-35-23-9-5-8-22(18-23)29-27(32)21-12-14-33-15-13-21/h2-11,16,18,21,25,31H,12-15,17H2,1H3,(H,29,32). The second-order valence-electron chi connectivity index (χ2n) is 8.89. The summed E-state index contributed by atoms with van der Waals surface area (Å²) < 4.78 is 10.2. The molecule has 1 atom stereocenters. The van der Waals surface area contributed by atoms with Crippen LogP contribution in [-0.2, 0) is 16.0 Å². The number of hydrogen-bond donors (Lipinski definition) is 2. The molecule has 1 aliphatic heterocycles. The van der Waals surface area contributed by atoms with Crippen molar-refractivity contribution in [3.05, 3.63) is 88.9 Å². The number of carbonyl (C=O) groups is 1. The lowest BCUT2D eigenvalue weighted by Crippen LogP contribution is -2.28. The summed E-state index contributed by atoms with van der Waals surface area (Å²) in [6.45, 7) is 3.44. The van der Waals surface area contributed by atoms with E-state index in [-0.39, 0.29) is 17.9 Å². The molecule has 0 bridgehead atoms. The molecule has 3 aromatic carbocycles. The maximum atomic E-state index is 12.6. The van der Waals surface area contributed by atoms with Gasteiger partial charge in [-0.25, -0.2) is 9.71 Å². The molecule has 0 radical (unpaired) electrons. The van der Waals surface area contributed by atoms with Crippen LogP contribution >= 0.6 is 23.3 Å². The van der Waals surface area contributed by atoms with Crippen LogP contribution in [0.2, 0.25) is 0 Å². The SMILES string of the molecule is Cc1cccc(CC(NSc2cccc(NC(=O)C3CCOCC3)c2)c2nc3ccccc3s2)c1. The molecule has 1 amide bonds. The van der Waals surface area contributed by atoms with Gasteiger partial charge in [-0.1, -0.05) is 48.0 Å². The van der Waals surface area contributed by atoms with Crippen molar-refractivity contribution >= 4 is 45.1 Å². The number of anilines is 1. The Kier molecular flexibility index (Phi) is 7.79. The molecule has 7 heteroatoms. The second kappa shape index (κ2) is 11.4. The lowest BCUT2D eigenvalue weighted by Gasteiger charge is -2.21. The van der Waals surface area contributed by atoms with Crippen LogP contribution in [0.1, 0.15) is 35.0 Å². The molecular weight excluding hydrogens is 474 g/mol. The number of ether oxygens (including phenoxy) is 1. The quantitative estimate of drug-likeness (QED) is 0.267. The number of aryl methyl sites for hydroxylation is 1. The zero-order valence-electron chi connectivity index (χ0n) is 19.7. The zero-order valence-corrected chi connectivity index (χ0v) is 21.3. The molecule has 1 fully saturated rings. The highest BCUT2D eigenvalue weighted by molar-refractivity contribution is 7.97. The molecule has 1 aromatic heterocycles. The summed E-state index contributed by atoms with van der Waals surface area (Å²) in [6.07, 6.45) is 2.41. The first-order valence-electron chi connectivity index (χ1n) is 12.0. The van der Waals surface area contributed by atoms with Crippen molar-refractivity contribution in [2.45, 2.75) is 37.1 Å². The monoisotopic (exact) mass is 503 g/mol. The number of carbonyl (C=O) groups excluding carboxylic acids is 1. The van der Waals surface area contributed by atoms with Gasteiger partial charge in [-0.2, -0.15) is 0 Å². The van der Waals surface area contributed by atoms with Crippen LogP contribution in [0.4, 0.5) is 5.69 Å². The molecule has 0 saturated carbocycles. The Morgan fingerprint density at radius 3 is 2.74 bits per heavy atom. The maximum absolute atomic E-state index is 12.6. The smallest absolute Gasteiger partial charge is 0.227 e. The molecular formula is C28H29N3O2S2. The van der Waals surface area contributed by atoms with Crippen LogP contribution in [0.25, 0.3) is 10.2 Å². The predicted molar refractivity (Wildman–Crippen MR) is 145 cm³/mol. The number of hydrogen-bond acceptors (Lipinski definition) is 6. The molecule has 1 unspecified atom stereocenters. The molecule has 4 aromatic rings. The van der Waals surface area contributed by atoms with Crippen LogP contribution in [0.15, 0.2) is 77.7 Å². The number of nitrogens with zero attached hydrogens (tertiary/aromatic N) is 1. The molecule has 1 saturated heterocycles. The summed E-state index contributed by atoms with van der Waals surface area (Å²) in [5, 5.41) is 4.16. The third-order valence-corrected chi connectivity index (χ3v) is 8.19. The van der Waals surface area contributed by atoms with Gasteiger partial charge in [0.25, 0.3) is 0 Å². The number of nitrogens with one attached hydrogen (secondary N) is 2. The Hall–Kier alpha value is -2.71. The Morgan fingerprint density at radius 2 is 1.91 bits per heavy atom. The van der Waals surface area contributed by atoms with Crippen LogP contribution in [0, 0.1) is 12.8 Å². The van der Waals surface area contributed by atoms with Gasteiger partial charge >= 0.3 is 0 Å². The van der Waals surface area contributed by atoms with E-state index in [1.807, 2.05) is 24.3 Å². The summed E-state index contributed by atoms with van der Waals surface area (Å²) in [5.41, 5.74) is 4.39. The van der Waals surface area contributed by atoms with Crippen molar-refractivity contribution in [2.75, 3.05) is 18.5 Å². The van der Waals surface area contributed by atoms with E-state index in [1.54, 1.807) is 23.3 Å². The number of aromatic nitrogens is 1. The minimum absolute atomic E-state index is 0.0240. The topological polar surface area (TPSA) is 63.2 Å². The molecule has 2 heterocycles. The van der Waals surface area contributed by atoms with E-state index in [2.05, 4.69) is 65.5 Å². The molecule has 2 N–H and O–H groups in total. The third kappa shape index (κ3) is 6.30. The minimum atomic E-state index is 0.0240. The molecule has 35 heavy (non-hydrogen) atoms. The average molecular weight is 504 g/mol. The highest BCUT2D eigenvalue weighted by Crippen LogP contribution is 2.31. The fraction of sp³-hybridized carbons (Fsp3) is 0.286. The summed E-state index contributed by atoms with van der Waals surface area (Å²) in [4.78, 5) is 18.6. The number of fused-ring (bicyclic) bond motifs is 1. The first-order valence-corrected chi connectivity index (χ1v) is 13.6. The maximum Gasteiger partial charge on any atom is 0.227 e. The average Bonchev–Trinajstić information content (AvgIpc) is 3.32. The van der Waals surface area contributed by atoms with Crippen molar-refractivity contribution in [1.29, 1.82) is 0 Å². The van der Waals surface area contributed by atoms with E-state index in [4.69, 9.17) is 9.72 Å². The number of thiazole rings is 1. The molecule has 0 aliphatic carbocycles. The van der Waals surface area contributed by atoms with Crippen LogP contribution in [0.3, 0.4) is 0 Å². The van der Waals surface area contributed by atoms with Gasteiger partial charge in [0, 0.05) is 29.7 Å². The first kappa shape index (κ1) is 24.0. The minimum Gasteiger partial charge on any atom is -0.381 e. The lowest BCUT2D eigenvalue weighted by atomic mass is 9.99. The van der Waals surface area contributed by atoms with Gasteiger partial charge in [-0.05, 0) is 74.0 Å². The Bertz CT molecular complexity index is 1270. The van der Waals surface area contributed by atoms with Gasteiger partial charge in [0.2, 0.25) is 5.91 Å². The van der Waals surface area contributed by atoms with Gasteiger partial charge < -0.3 is 10.1 Å². The van der Waals surface area contributed by atoms with Crippen molar-refractivity contribution in [3.8, 4) is 0 Å². The number of amides is 1. The van der Waals surface area contributed by atoms with Crippen molar-refractivity contribution in [3.63, 3.8) is 0 Å². The van der Waals surface area contributed by atoms with E-state index in [0.717, 1.165) is 40.4 Å². The zero-order chi connectivity index (χ0) is 24.0. The number of benzene rings is 3. The van der Waals surface area contributed by atoms with Gasteiger partial charge in [-0.3, -0.25) is 4.79 Å². The molecule has 1 aliphatic rings. The molecule has 5 nitrogen and oxygen atoms in total. The van der Waals surface area contributed by atoms with E-state index in [1.165, 1.54) is 15.8 Å². The highest BCUT2D eigenvalue weighted by Gasteiger charge is 2.22. The van der Waals surface area contributed by atoms with Crippen LogP contribution in [-0.4, -0.2) is 24.1 Å². The Balaban J connectivity index is 1.31. The van der Waals surface area contributed by atoms with Crippen molar-refractivity contribution in [1.82, 2.24) is 9.71 Å².